The number of carbonyl (C=O) groups is 2. The van der Waals surface area contributed by atoms with Gasteiger partial charge in [0, 0.05) is 12.8 Å². The lowest BCUT2D eigenvalue weighted by molar-refractivity contribution is -0.182. The van der Waals surface area contributed by atoms with Crippen molar-refractivity contribution in [2.75, 3.05) is 7.11 Å². The molecule has 0 radical (unpaired) electrons. The third-order valence-electron chi connectivity index (χ3n) is 2.69. The molecule has 1 atom stereocenters. The highest BCUT2D eigenvalue weighted by atomic mass is 19.4. The normalized spacial score (nSPS) is 14.0. The maximum atomic E-state index is 12.0. The van der Waals surface area contributed by atoms with Gasteiger partial charge in [0.2, 0.25) is 5.91 Å². The SMILES string of the molecule is CC(N)(CCC(N)=O)C(F)(F)F.COC(=O)CCC(C)C. The van der Waals surface area contributed by atoms with E-state index in [1.807, 2.05) is 0 Å². The first kappa shape index (κ1) is 22.0. The minimum atomic E-state index is -4.50. The Morgan fingerprint density at radius 2 is 1.67 bits per heavy atom. The van der Waals surface area contributed by atoms with Gasteiger partial charge in [-0.2, -0.15) is 13.2 Å². The van der Waals surface area contributed by atoms with E-state index in [0.29, 0.717) is 12.3 Å². The molecule has 0 fully saturated rings. The van der Waals surface area contributed by atoms with E-state index < -0.39 is 24.0 Å². The van der Waals surface area contributed by atoms with Gasteiger partial charge < -0.3 is 16.2 Å². The molecule has 8 heteroatoms. The van der Waals surface area contributed by atoms with Gasteiger partial charge in [-0.05, 0) is 25.7 Å². The van der Waals surface area contributed by atoms with Crippen LogP contribution in [0.5, 0.6) is 0 Å². The molecule has 0 saturated heterocycles. The second kappa shape index (κ2) is 9.59. The van der Waals surface area contributed by atoms with Gasteiger partial charge in [0.1, 0.15) is 5.54 Å². The van der Waals surface area contributed by atoms with Gasteiger partial charge in [-0.3, -0.25) is 9.59 Å². The second-order valence-corrected chi connectivity index (χ2v) is 5.39. The number of esters is 1. The topological polar surface area (TPSA) is 95.4 Å². The molecular formula is C13H25F3N2O3. The fourth-order valence-corrected chi connectivity index (χ4v) is 1.03. The summed E-state index contributed by atoms with van der Waals surface area (Å²) in [5.41, 5.74) is 7.26. The van der Waals surface area contributed by atoms with Crippen molar-refractivity contribution >= 4 is 11.9 Å². The maximum absolute atomic E-state index is 12.0. The van der Waals surface area contributed by atoms with Gasteiger partial charge in [0.25, 0.3) is 0 Å². The molecule has 126 valence electrons. The summed E-state index contributed by atoms with van der Waals surface area (Å²) in [7, 11) is 1.42. The first-order valence-corrected chi connectivity index (χ1v) is 6.54. The number of carbonyl (C=O) groups excluding carboxylic acids is 2. The van der Waals surface area contributed by atoms with Crippen molar-refractivity contribution in [3.05, 3.63) is 0 Å². The summed E-state index contributed by atoms with van der Waals surface area (Å²) in [6, 6.07) is 0. The van der Waals surface area contributed by atoms with E-state index in [0.717, 1.165) is 13.3 Å². The molecule has 1 unspecified atom stereocenters. The van der Waals surface area contributed by atoms with Crippen LogP contribution in [0.4, 0.5) is 13.2 Å². The Kier molecular flexibility index (Phi) is 10.0. The molecule has 0 aromatic rings. The highest BCUT2D eigenvalue weighted by Gasteiger charge is 2.47. The predicted octanol–water partition coefficient (Wildman–Crippen LogP) is 2.13. The van der Waals surface area contributed by atoms with Crippen LogP contribution in [0.25, 0.3) is 0 Å². The lowest BCUT2D eigenvalue weighted by atomic mass is 9.96. The highest BCUT2D eigenvalue weighted by Crippen LogP contribution is 2.31. The van der Waals surface area contributed by atoms with Crippen LogP contribution in [0.2, 0.25) is 0 Å². The number of rotatable bonds is 6. The quantitative estimate of drug-likeness (QED) is 0.734. The van der Waals surface area contributed by atoms with Gasteiger partial charge in [0.15, 0.2) is 0 Å². The zero-order valence-corrected chi connectivity index (χ0v) is 12.9. The average Bonchev–Trinajstić information content (AvgIpc) is 2.33. The number of nitrogens with two attached hydrogens (primary N) is 2. The van der Waals surface area contributed by atoms with Crippen molar-refractivity contribution in [1.82, 2.24) is 0 Å². The van der Waals surface area contributed by atoms with Crippen LogP contribution in [-0.4, -0.2) is 30.7 Å². The van der Waals surface area contributed by atoms with E-state index in [4.69, 9.17) is 5.73 Å². The van der Waals surface area contributed by atoms with E-state index in [1.165, 1.54) is 7.11 Å². The van der Waals surface area contributed by atoms with Crippen LogP contribution < -0.4 is 11.5 Å². The van der Waals surface area contributed by atoms with Crippen molar-refractivity contribution in [2.24, 2.45) is 17.4 Å². The molecule has 4 N–H and O–H groups in total. The van der Waals surface area contributed by atoms with E-state index in [-0.39, 0.29) is 12.4 Å². The molecule has 0 aliphatic rings. The summed E-state index contributed by atoms with van der Waals surface area (Å²) in [5.74, 6) is -0.302. The Labute approximate surface area is 123 Å². The Morgan fingerprint density at radius 1 is 1.19 bits per heavy atom. The van der Waals surface area contributed by atoms with Crippen LogP contribution in [0.15, 0.2) is 0 Å². The number of primary amides is 1. The molecule has 0 heterocycles. The van der Waals surface area contributed by atoms with E-state index in [2.05, 4.69) is 24.3 Å². The third kappa shape index (κ3) is 12.2. The molecule has 0 aliphatic carbocycles. The molecule has 0 rings (SSSR count). The van der Waals surface area contributed by atoms with Gasteiger partial charge in [-0.1, -0.05) is 13.8 Å². The van der Waals surface area contributed by atoms with Gasteiger partial charge >= 0.3 is 12.1 Å². The average molecular weight is 314 g/mol. The third-order valence-corrected chi connectivity index (χ3v) is 2.69. The van der Waals surface area contributed by atoms with Crippen molar-refractivity contribution in [1.29, 1.82) is 0 Å². The Bertz CT molecular complexity index is 329. The fraction of sp³-hybridized carbons (Fsp3) is 0.846. The van der Waals surface area contributed by atoms with Crippen LogP contribution in [0, 0.1) is 5.92 Å². The zero-order chi connectivity index (χ0) is 17.3. The predicted molar refractivity (Wildman–Crippen MR) is 73.2 cm³/mol. The lowest BCUT2D eigenvalue weighted by Crippen LogP contribution is -2.51. The number of ether oxygens (including phenoxy) is 1. The summed E-state index contributed by atoms with van der Waals surface area (Å²) in [6.07, 6.45) is -3.86. The molecule has 5 nitrogen and oxygen atoms in total. The van der Waals surface area contributed by atoms with Crippen molar-refractivity contribution in [2.45, 2.75) is 58.2 Å². The number of hydrogen-bond acceptors (Lipinski definition) is 4. The lowest BCUT2D eigenvalue weighted by Gasteiger charge is -2.26. The molecule has 0 aromatic carbocycles. The molecular weight excluding hydrogens is 289 g/mol. The molecule has 0 spiro atoms. The van der Waals surface area contributed by atoms with Crippen molar-refractivity contribution < 1.29 is 27.5 Å². The summed E-state index contributed by atoms with van der Waals surface area (Å²) < 4.78 is 40.5. The largest absolute Gasteiger partial charge is 0.469 e. The maximum Gasteiger partial charge on any atom is 0.406 e. The number of amides is 1. The van der Waals surface area contributed by atoms with Gasteiger partial charge in [-0.15, -0.1) is 0 Å². The molecule has 0 bridgehead atoms. The summed E-state index contributed by atoms with van der Waals surface area (Å²) in [5, 5.41) is 0. The second-order valence-electron chi connectivity index (χ2n) is 5.39. The number of hydrogen-bond donors (Lipinski definition) is 2. The molecule has 1 amide bonds. The minimum Gasteiger partial charge on any atom is -0.469 e. The van der Waals surface area contributed by atoms with E-state index in [1.54, 1.807) is 0 Å². The van der Waals surface area contributed by atoms with Crippen molar-refractivity contribution in [3.8, 4) is 0 Å². The first-order chi connectivity index (χ1) is 9.33. The Hall–Kier alpha value is -1.31. The summed E-state index contributed by atoms with van der Waals surface area (Å²) in [4.78, 5) is 20.7. The Morgan fingerprint density at radius 3 is 1.95 bits per heavy atom. The summed E-state index contributed by atoms with van der Waals surface area (Å²) in [6.45, 7) is 5.00. The Balaban J connectivity index is 0. The molecule has 21 heavy (non-hydrogen) atoms. The van der Waals surface area contributed by atoms with E-state index >= 15 is 0 Å². The van der Waals surface area contributed by atoms with Crippen molar-refractivity contribution in [3.63, 3.8) is 0 Å². The standard InChI is InChI=1S/C7H14O2.C6H11F3N2O/c1-6(2)4-5-7(8)9-3;1-5(11,6(7,8)9)3-2-4(10)12/h6H,4-5H2,1-3H3;2-3,11H2,1H3,(H2,10,12). The smallest absolute Gasteiger partial charge is 0.406 e. The molecule has 0 aromatic heterocycles. The van der Waals surface area contributed by atoms with Crippen LogP contribution in [0.1, 0.15) is 46.5 Å². The molecule has 0 aliphatic heterocycles. The van der Waals surface area contributed by atoms with Crippen LogP contribution in [0.3, 0.4) is 0 Å². The first-order valence-electron chi connectivity index (χ1n) is 6.54. The minimum absolute atomic E-state index is 0.108. The highest BCUT2D eigenvalue weighted by molar-refractivity contribution is 5.73. The van der Waals surface area contributed by atoms with Gasteiger partial charge in [-0.25, -0.2) is 0 Å². The van der Waals surface area contributed by atoms with Crippen LogP contribution >= 0.6 is 0 Å². The number of methoxy groups -OCH3 is 1. The summed E-state index contributed by atoms with van der Waals surface area (Å²) >= 11 is 0. The fourth-order valence-electron chi connectivity index (χ4n) is 1.03. The molecule has 0 saturated carbocycles. The number of halogens is 3. The number of alkyl halides is 3. The van der Waals surface area contributed by atoms with Crippen LogP contribution in [-0.2, 0) is 14.3 Å². The van der Waals surface area contributed by atoms with Gasteiger partial charge in [0.05, 0.1) is 7.11 Å². The van der Waals surface area contributed by atoms with E-state index in [9.17, 15) is 22.8 Å². The monoisotopic (exact) mass is 314 g/mol. The zero-order valence-electron chi connectivity index (χ0n) is 12.9.